The van der Waals surface area contributed by atoms with Gasteiger partial charge in [-0.15, -0.1) is 0 Å². The van der Waals surface area contributed by atoms with Crippen LogP contribution in [0.15, 0.2) is 60.8 Å². The summed E-state index contributed by atoms with van der Waals surface area (Å²) in [6.07, 6.45) is 33.8. The highest BCUT2D eigenvalue weighted by Crippen LogP contribution is 2.20. The first-order chi connectivity index (χ1) is 15.6. The fourth-order valence-corrected chi connectivity index (χ4v) is 3.46. The van der Waals surface area contributed by atoms with Gasteiger partial charge in [0.2, 0.25) is 5.91 Å². The van der Waals surface area contributed by atoms with Crippen molar-refractivity contribution in [1.29, 1.82) is 0 Å². The summed E-state index contributed by atoms with van der Waals surface area (Å²) in [6, 6.07) is 0. The lowest BCUT2D eigenvalue weighted by Crippen LogP contribution is -2.42. The third-order valence-corrected chi connectivity index (χ3v) is 5.37. The van der Waals surface area contributed by atoms with Gasteiger partial charge in [-0.25, -0.2) is 0 Å². The van der Waals surface area contributed by atoms with Gasteiger partial charge in [-0.2, -0.15) is 0 Å². The van der Waals surface area contributed by atoms with Crippen molar-refractivity contribution < 1.29 is 9.90 Å². The number of hydrogen-bond donors (Lipinski definition) is 2. The van der Waals surface area contributed by atoms with E-state index < -0.39 is 5.60 Å². The number of carbonyl (C=O) groups is 1. The molecule has 3 nitrogen and oxygen atoms in total. The number of amides is 1. The molecular formula is C29H49NO2. The van der Waals surface area contributed by atoms with E-state index in [2.05, 4.69) is 50.4 Å². The highest BCUT2D eigenvalue weighted by atomic mass is 16.3. The maximum atomic E-state index is 12.1. The molecule has 0 aromatic heterocycles. The number of rotatable bonds is 20. The lowest BCUT2D eigenvalue weighted by molar-refractivity contribution is -0.118. The van der Waals surface area contributed by atoms with Crippen molar-refractivity contribution in [2.75, 3.05) is 6.54 Å². The van der Waals surface area contributed by atoms with E-state index >= 15 is 0 Å². The van der Waals surface area contributed by atoms with E-state index in [9.17, 15) is 9.90 Å². The Kier molecular flexibility index (Phi) is 21.0. The number of unbranched alkanes of at least 4 members (excludes halogenated alkanes) is 7. The van der Waals surface area contributed by atoms with E-state index in [0.717, 1.165) is 51.4 Å². The molecule has 0 aromatic carbocycles. The second kappa shape index (κ2) is 22.3. The molecule has 0 rings (SSSR count). The monoisotopic (exact) mass is 443 g/mol. The molecule has 1 amide bonds. The van der Waals surface area contributed by atoms with Crippen molar-refractivity contribution in [1.82, 2.24) is 5.32 Å². The van der Waals surface area contributed by atoms with Crippen LogP contribution < -0.4 is 5.32 Å². The minimum Gasteiger partial charge on any atom is -0.388 e. The maximum Gasteiger partial charge on any atom is 0.243 e. The molecule has 32 heavy (non-hydrogen) atoms. The molecular weight excluding hydrogens is 394 g/mol. The summed E-state index contributed by atoms with van der Waals surface area (Å²) in [5.41, 5.74) is -0.777. The third-order valence-electron chi connectivity index (χ3n) is 5.37. The normalized spacial score (nSPS) is 14.5. The summed E-state index contributed by atoms with van der Waals surface area (Å²) < 4.78 is 0. The first-order valence-corrected chi connectivity index (χ1v) is 12.9. The number of hydrogen-bond acceptors (Lipinski definition) is 2. The van der Waals surface area contributed by atoms with Crippen LogP contribution in [0, 0.1) is 0 Å². The smallest absolute Gasteiger partial charge is 0.243 e. The van der Waals surface area contributed by atoms with Gasteiger partial charge in [-0.3, -0.25) is 4.79 Å². The van der Waals surface area contributed by atoms with Gasteiger partial charge in [-0.05, 0) is 44.6 Å². The molecule has 182 valence electrons. The Balaban J connectivity index is 4.01. The highest BCUT2D eigenvalue weighted by Gasteiger charge is 2.25. The van der Waals surface area contributed by atoms with E-state index in [1.54, 1.807) is 6.08 Å². The zero-order valence-corrected chi connectivity index (χ0v) is 21.0. The van der Waals surface area contributed by atoms with Crippen LogP contribution in [0.5, 0.6) is 0 Å². The molecule has 0 radical (unpaired) electrons. The van der Waals surface area contributed by atoms with Crippen LogP contribution in [0.1, 0.15) is 104 Å². The summed E-state index contributed by atoms with van der Waals surface area (Å²) in [6.45, 7) is 6.82. The molecule has 0 fully saturated rings. The molecule has 1 atom stereocenters. The van der Waals surface area contributed by atoms with Gasteiger partial charge in [0.1, 0.15) is 0 Å². The van der Waals surface area contributed by atoms with Gasteiger partial charge in [0.25, 0.3) is 0 Å². The fraction of sp³-hybridized carbons (Fsp3) is 0.621. The zero-order chi connectivity index (χ0) is 23.8. The van der Waals surface area contributed by atoms with E-state index in [1.807, 2.05) is 30.4 Å². The third kappa shape index (κ3) is 20.1. The van der Waals surface area contributed by atoms with Crippen LogP contribution >= 0.6 is 0 Å². The Labute approximate surface area is 198 Å². The quantitative estimate of drug-likeness (QED) is 0.115. The summed E-state index contributed by atoms with van der Waals surface area (Å²) >= 11 is 0. The molecule has 0 aromatic rings. The SMILES string of the molecule is CCCCCC=CC=CC=CC=CCCC=CC(=O)NCC(O)(CCC)CCCCCC. The minimum atomic E-state index is -0.777. The molecule has 0 aliphatic heterocycles. The average molecular weight is 444 g/mol. The molecule has 0 heterocycles. The second-order valence-electron chi connectivity index (χ2n) is 8.60. The number of allylic oxidation sites excluding steroid dienone is 9. The Hall–Kier alpha value is -1.87. The molecule has 0 aliphatic carbocycles. The fourth-order valence-electron chi connectivity index (χ4n) is 3.46. The van der Waals surface area contributed by atoms with Crippen LogP contribution in [0.4, 0.5) is 0 Å². The van der Waals surface area contributed by atoms with Gasteiger partial charge in [-0.1, -0.05) is 120 Å². The molecule has 1 unspecified atom stereocenters. The Morgan fingerprint density at radius 3 is 1.94 bits per heavy atom. The Bertz CT molecular complexity index is 586. The molecule has 3 heteroatoms. The first-order valence-electron chi connectivity index (χ1n) is 12.9. The van der Waals surface area contributed by atoms with Crippen molar-refractivity contribution in [3.63, 3.8) is 0 Å². The molecule has 0 spiro atoms. The molecule has 2 N–H and O–H groups in total. The first kappa shape index (κ1) is 30.1. The Morgan fingerprint density at radius 2 is 1.28 bits per heavy atom. The molecule has 0 saturated heterocycles. The molecule has 0 aliphatic rings. The van der Waals surface area contributed by atoms with E-state index in [0.29, 0.717) is 6.54 Å². The number of carbonyl (C=O) groups excluding carboxylic acids is 1. The van der Waals surface area contributed by atoms with Crippen molar-refractivity contribution in [3.05, 3.63) is 60.8 Å². The van der Waals surface area contributed by atoms with Gasteiger partial charge in [0.15, 0.2) is 0 Å². The summed E-state index contributed by atoms with van der Waals surface area (Å²) in [5, 5.41) is 13.7. The maximum absolute atomic E-state index is 12.1. The topological polar surface area (TPSA) is 49.3 Å². The van der Waals surface area contributed by atoms with Crippen molar-refractivity contribution in [2.45, 2.75) is 110 Å². The summed E-state index contributed by atoms with van der Waals surface area (Å²) in [7, 11) is 0. The number of aliphatic hydroxyl groups is 1. The van der Waals surface area contributed by atoms with Crippen molar-refractivity contribution in [3.8, 4) is 0 Å². The predicted octanol–water partition coefficient (Wildman–Crippen LogP) is 7.75. The number of nitrogens with one attached hydrogen (secondary N) is 1. The van der Waals surface area contributed by atoms with E-state index in [4.69, 9.17) is 0 Å². The molecule has 0 bridgehead atoms. The predicted molar refractivity (Wildman–Crippen MR) is 141 cm³/mol. The van der Waals surface area contributed by atoms with Crippen molar-refractivity contribution in [2.24, 2.45) is 0 Å². The Morgan fingerprint density at radius 1 is 0.688 bits per heavy atom. The van der Waals surface area contributed by atoms with Gasteiger partial charge < -0.3 is 10.4 Å². The van der Waals surface area contributed by atoms with Gasteiger partial charge in [0.05, 0.1) is 5.60 Å². The van der Waals surface area contributed by atoms with Crippen LogP contribution in [-0.4, -0.2) is 23.2 Å². The van der Waals surface area contributed by atoms with Crippen molar-refractivity contribution >= 4 is 5.91 Å². The van der Waals surface area contributed by atoms with Crippen LogP contribution in [0.3, 0.4) is 0 Å². The lowest BCUT2D eigenvalue weighted by atomic mass is 9.91. The lowest BCUT2D eigenvalue weighted by Gasteiger charge is -2.28. The molecule has 0 saturated carbocycles. The van der Waals surface area contributed by atoms with E-state index in [1.165, 1.54) is 32.1 Å². The largest absolute Gasteiger partial charge is 0.388 e. The highest BCUT2D eigenvalue weighted by molar-refractivity contribution is 5.87. The summed E-state index contributed by atoms with van der Waals surface area (Å²) in [5.74, 6) is -0.121. The van der Waals surface area contributed by atoms with Crippen LogP contribution in [0.2, 0.25) is 0 Å². The van der Waals surface area contributed by atoms with Crippen LogP contribution in [0.25, 0.3) is 0 Å². The van der Waals surface area contributed by atoms with Gasteiger partial charge >= 0.3 is 0 Å². The summed E-state index contributed by atoms with van der Waals surface area (Å²) in [4.78, 5) is 12.1. The van der Waals surface area contributed by atoms with Gasteiger partial charge in [0, 0.05) is 6.54 Å². The standard InChI is InChI=1S/C29H49NO2/c1-4-7-9-11-12-13-14-15-16-17-18-19-20-21-22-24-28(31)30-27-29(32,25-6-3)26-23-10-8-5-2/h12-19,22,24,32H,4-11,20-21,23,25-27H2,1-3H3,(H,30,31). The zero-order valence-electron chi connectivity index (χ0n) is 21.0. The minimum absolute atomic E-state index is 0.121. The average Bonchev–Trinajstić information content (AvgIpc) is 2.78. The van der Waals surface area contributed by atoms with Crippen LogP contribution in [-0.2, 0) is 4.79 Å². The second-order valence-corrected chi connectivity index (χ2v) is 8.60. The van der Waals surface area contributed by atoms with E-state index in [-0.39, 0.29) is 5.91 Å².